The maximum absolute atomic E-state index is 12.3. The molecule has 23 heavy (non-hydrogen) atoms. The van der Waals surface area contributed by atoms with Crippen molar-refractivity contribution in [3.8, 4) is 0 Å². The second-order valence-corrected chi connectivity index (χ2v) is 6.25. The molecule has 2 aromatic heterocycles. The van der Waals surface area contributed by atoms with Crippen LogP contribution in [0.5, 0.6) is 0 Å². The van der Waals surface area contributed by atoms with Gasteiger partial charge in [0.05, 0.1) is 21.8 Å². The molecule has 7 heteroatoms. The lowest BCUT2D eigenvalue weighted by atomic mass is 10.3. The van der Waals surface area contributed by atoms with E-state index >= 15 is 0 Å². The predicted octanol–water partition coefficient (Wildman–Crippen LogP) is 3.59. The first-order valence-corrected chi connectivity index (χ1v) is 8.79. The molecule has 2 heterocycles. The molecule has 0 aliphatic carbocycles. The van der Waals surface area contributed by atoms with Gasteiger partial charge < -0.3 is 9.88 Å². The summed E-state index contributed by atoms with van der Waals surface area (Å²) in [5.41, 5.74) is 1.85. The molecule has 1 aromatic carbocycles. The van der Waals surface area contributed by atoms with E-state index in [1.807, 2.05) is 35.1 Å². The van der Waals surface area contributed by atoms with E-state index in [0.717, 1.165) is 22.6 Å². The van der Waals surface area contributed by atoms with Crippen molar-refractivity contribution in [2.24, 2.45) is 0 Å². The maximum Gasteiger partial charge on any atom is 0.245 e. The zero-order chi connectivity index (χ0) is 16.2. The first kappa shape index (κ1) is 15.8. The molecule has 0 saturated heterocycles. The van der Waals surface area contributed by atoms with Crippen molar-refractivity contribution in [1.82, 2.24) is 14.5 Å². The third-order valence-corrected chi connectivity index (χ3v) is 4.07. The zero-order valence-electron chi connectivity index (χ0n) is 12.5. The van der Waals surface area contributed by atoms with Gasteiger partial charge in [0, 0.05) is 6.20 Å². The lowest BCUT2D eigenvalue weighted by Gasteiger charge is -2.09. The molecule has 0 bridgehead atoms. The predicted molar refractivity (Wildman–Crippen MR) is 94.8 cm³/mol. The fraction of sp³-hybridized carbons (Fsp3) is 0.188. The highest BCUT2D eigenvalue weighted by Crippen LogP contribution is 2.19. The van der Waals surface area contributed by atoms with Gasteiger partial charge in [0.25, 0.3) is 0 Å². The van der Waals surface area contributed by atoms with E-state index in [2.05, 4.69) is 15.3 Å². The number of halogens is 1. The summed E-state index contributed by atoms with van der Waals surface area (Å²) in [6.45, 7) is 0.195. The van der Waals surface area contributed by atoms with Crippen LogP contribution in [-0.4, -0.2) is 26.7 Å². The quantitative estimate of drug-likeness (QED) is 0.767. The van der Waals surface area contributed by atoms with Crippen LogP contribution in [0.25, 0.3) is 11.0 Å². The SMILES string of the molecule is CSCc1nc2ccccc2n1CC(=O)Nc1ccc(Cl)cn1. The monoisotopic (exact) mass is 346 g/mol. The fourth-order valence-corrected chi connectivity index (χ4v) is 2.91. The molecule has 0 atom stereocenters. The molecule has 0 saturated carbocycles. The Morgan fingerprint density at radius 3 is 2.87 bits per heavy atom. The van der Waals surface area contributed by atoms with Crippen LogP contribution in [0.2, 0.25) is 5.02 Å². The highest BCUT2D eigenvalue weighted by atomic mass is 35.5. The van der Waals surface area contributed by atoms with Crippen molar-refractivity contribution in [3.63, 3.8) is 0 Å². The molecule has 0 radical (unpaired) electrons. The lowest BCUT2D eigenvalue weighted by Crippen LogP contribution is -2.20. The average molecular weight is 347 g/mol. The van der Waals surface area contributed by atoms with Gasteiger partial charge in [-0.15, -0.1) is 0 Å². The highest BCUT2D eigenvalue weighted by Gasteiger charge is 2.13. The van der Waals surface area contributed by atoms with Gasteiger partial charge >= 0.3 is 0 Å². The number of carbonyl (C=O) groups excluding carboxylic acids is 1. The average Bonchev–Trinajstić information content (AvgIpc) is 2.88. The Hall–Kier alpha value is -2.05. The second-order valence-electron chi connectivity index (χ2n) is 4.95. The van der Waals surface area contributed by atoms with E-state index in [0.29, 0.717) is 10.8 Å². The Balaban J connectivity index is 1.83. The summed E-state index contributed by atoms with van der Waals surface area (Å²) >= 11 is 7.47. The largest absolute Gasteiger partial charge is 0.318 e. The third-order valence-electron chi connectivity index (χ3n) is 3.30. The van der Waals surface area contributed by atoms with Crippen molar-refractivity contribution in [1.29, 1.82) is 0 Å². The molecule has 118 valence electrons. The second kappa shape index (κ2) is 7.02. The van der Waals surface area contributed by atoms with Crippen LogP contribution in [-0.2, 0) is 17.1 Å². The minimum absolute atomic E-state index is 0.148. The molecule has 1 N–H and O–H groups in total. The molecule has 0 fully saturated rings. The number of nitrogens with one attached hydrogen (secondary N) is 1. The van der Waals surface area contributed by atoms with Gasteiger partial charge in [-0.2, -0.15) is 11.8 Å². The van der Waals surface area contributed by atoms with Crippen molar-refractivity contribution in [2.45, 2.75) is 12.3 Å². The molecule has 3 aromatic rings. The number of pyridine rings is 1. The van der Waals surface area contributed by atoms with Gasteiger partial charge in [0.15, 0.2) is 0 Å². The first-order chi connectivity index (χ1) is 11.2. The number of anilines is 1. The van der Waals surface area contributed by atoms with Crippen LogP contribution in [0, 0.1) is 0 Å². The molecular weight excluding hydrogens is 332 g/mol. The molecule has 0 aliphatic rings. The van der Waals surface area contributed by atoms with Crippen LogP contribution < -0.4 is 5.32 Å². The minimum atomic E-state index is -0.148. The Labute approximate surface area is 143 Å². The Morgan fingerprint density at radius 1 is 1.30 bits per heavy atom. The van der Waals surface area contributed by atoms with Gasteiger partial charge in [-0.05, 0) is 30.5 Å². The third kappa shape index (κ3) is 3.65. The summed E-state index contributed by atoms with van der Waals surface area (Å²) in [7, 11) is 0. The molecular formula is C16H15ClN4OS. The smallest absolute Gasteiger partial charge is 0.245 e. The standard InChI is InChI=1S/C16H15ClN4OS/c1-23-10-15-19-12-4-2-3-5-13(12)21(15)9-16(22)20-14-7-6-11(17)8-18-14/h2-8H,9-10H2,1H3,(H,18,20,22). The summed E-state index contributed by atoms with van der Waals surface area (Å²) in [6, 6.07) is 11.2. The van der Waals surface area contributed by atoms with Crippen LogP contribution in [0.1, 0.15) is 5.82 Å². The van der Waals surface area contributed by atoms with Gasteiger partial charge in [-0.3, -0.25) is 4.79 Å². The lowest BCUT2D eigenvalue weighted by molar-refractivity contribution is -0.116. The van der Waals surface area contributed by atoms with Gasteiger partial charge in [0.1, 0.15) is 18.2 Å². The first-order valence-electron chi connectivity index (χ1n) is 7.02. The fourth-order valence-electron chi connectivity index (χ4n) is 2.32. The van der Waals surface area contributed by atoms with Crippen LogP contribution in [0.15, 0.2) is 42.6 Å². The number of fused-ring (bicyclic) bond motifs is 1. The van der Waals surface area contributed by atoms with E-state index in [9.17, 15) is 4.79 Å². The maximum atomic E-state index is 12.3. The van der Waals surface area contributed by atoms with Crippen molar-refractivity contribution >= 4 is 46.1 Å². The number of para-hydroxylation sites is 2. The number of benzene rings is 1. The summed E-state index contributed by atoms with van der Waals surface area (Å²) in [4.78, 5) is 21.0. The number of thioether (sulfide) groups is 1. The summed E-state index contributed by atoms with van der Waals surface area (Å²) in [5.74, 6) is 1.97. The van der Waals surface area contributed by atoms with Crippen molar-refractivity contribution in [3.05, 3.63) is 53.4 Å². The number of hydrogen-bond acceptors (Lipinski definition) is 4. The van der Waals surface area contributed by atoms with Gasteiger partial charge in [-0.1, -0.05) is 23.7 Å². The summed E-state index contributed by atoms with van der Waals surface area (Å²) in [6.07, 6.45) is 3.52. The number of imidazole rings is 1. The molecule has 1 amide bonds. The number of nitrogens with zero attached hydrogens (tertiary/aromatic N) is 3. The number of rotatable bonds is 5. The van der Waals surface area contributed by atoms with E-state index < -0.39 is 0 Å². The Kier molecular flexibility index (Phi) is 4.83. The number of hydrogen-bond donors (Lipinski definition) is 1. The van der Waals surface area contributed by atoms with Crippen molar-refractivity contribution in [2.75, 3.05) is 11.6 Å². The molecule has 0 spiro atoms. The molecule has 0 aliphatic heterocycles. The van der Waals surface area contributed by atoms with Gasteiger partial charge in [-0.25, -0.2) is 9.97 Å². The van der Waals surface area contributed by atoms with E-state index in [4.69, 9.17) is 11.6 Å². The van der Waals surface area contributed by atoms with E-state index in [1.165, 1.54) is 6.20 Å². The number of amides is 1. The van der Waals surface area contributed by atoms with Crippen LogP contribution in [0.3, 0.4) is 0 Å². The topological polar surface area (TPSA) is 59.8 Å². The van der Waals surface area contributed by atoms with Crippen LogP contribution >= 0.6 is 23.4 Å². The summed E-state index contributed by atoms with van der Waals surface area (Å²) < 4.78 is 1.94. The minimum Gasteiger partial charge on any atom is -0.318 e. The van der Waals surface area contributed by atoms with E-state index in [1.54, 1.807) is 23.9 Å². The normalized spacial score (nSPS) is 10.9. The van der Waals surface area contributed by atoms with Crippen LogP contribution in [0.4, 0.5) is 5.82 Å². The molecule has 5 nitrogen and oxygen atoms in total. The number of aromatic nitrogens is 3. The van der Waals surface area contributed by atoms with Crippen molar-refractivity contribution < 1.29 is 4.79 Å². The Morgan fingerprint density at radius 2 is 2.13 bits per heavy atom. The molecule has 3 rings (SSSR count). The summed E-state index contributed by atoms with van der Waals surface area (Å²) in [5, 5.41) is 3.31. The van der Waals surface area contributed by atoms with E-state index in [-0.39, 0.29) is 12.5 Å². The number of carbonyl (C=O) groups is 1. The zero-order valence-corrected chi connectivity index (χ0v) is 14.1. The molecule has 0 unspecified atom stereocenters. The highest BCUT2D eigenvalue weighted by molar-refractivity contribution is 7.97. The Bertz CT molecular complexity index is 832. The van der Waals surface area contributed by atoms with Gasteiger partial charge in [0.2, 0.25) is 5.91 Å².